The van der Waals surface area contributed by atoms with E-state index in [1.54, 1.807) is 23.6 Å². The van der Waals surface area contributed by atoms with Gasteiger partial charge in [-0.25, -0.2) is 4.98 Å². The first-order valence-electron chi connectivity index (χ1n) is 8.78. The van der Waals surface area contributed by atoms with Gasteiger partial charge in [-0.2, -0.15) is 10.4 Å². The van der Waals surface area contributed by atoms with Gasteiger partial charge in [-0.05, 0) is 57.9 Å². The molecule has 0 bridgehead atoms. The molecule has 0 atom stereocenters. The van der Waals surface area contributed by atoms with E-state index in [1.165, 1.54) is 0 Å². The molecule has 0 saturated heterocycles. The fourth-order valence-electron chi connectivity index (χ4n) is 2.71. The maximum absolute atomic E-state index is 9.17. The molecule has 1 aromatic heterocycles. The van der Waals surface area contributed by atoms with Gasteiger partial charge < -0.3 is 4.74 Å². The van der Waals surface area contributed by atoms with Crippen LogP contribution in [-0.4, -0.2) is 11.2 Å². The van der Waals surface area contributed by atoms with Crippen molar-refractivity contribution in [3.05, 3.63) is 87.9 Å². The third-order valence-corrected chi connectivity index (χ3v) is 5.71. The van der Waals surface area contributed by atoms with Crippen molar-refractivity contribution in [3.63, 3.8) is 0 Å². The Bertz CT molecular complexity index is 1200. The average molecular weight is 463 g/mol. The topological polar surface area (TPSA) is 70.3 Å². The van der Waals surface area contributed by atoms with Gasteiger partial charge in [0.05, 0.1) is 32.5 Å². The second-order valence-corrected chi connectivity index (χ2v) is 7.99. The minimum Gasteiger partial charge on any atom is -0.488 e. The standard InChI is InChI=1S/C22H15BrN4OS/c23-18-11-15(13-25-27-22-26-19-7-3-4-8-21(19)29-22)9-10-20(18)28-14-17-6-2-1-5-16(17)12-24/h1-11,13H,14H2,(H,26,27)/b25-13-. The quantitative estimate of drug-likeness (QED) is 0.283. The summed E-state index contributed by atoms with van der Waals surface area (Å²) < 4.78 is 7.79. The summed E-state index contributed by atoms with van der Waals surface area (Å²) in [5.74, 6) is 0.703. The van der Waals surface area contributed by atoms with Crippen LogP contribution >= 0.6 is 27.3 Å². The molecule has 0 unspecified atom stereocenters. The molecule has 0 aliphatic heterocycles. The first-order valence-corrected chi connectivity index (χ1v) is 10.4. The molecule has 0 spiro atoms. The molecule has 0 aliphatic carbocycles. The highest BCUT2D eigenvalue weighted by atomic mass is 79.9. The van der Waals surface area contributed by atoms with Crippen molar-refractivity contribution in [2.75, 3.05) is 5.43 Å². The highest BCUT2D eigenvalue weighted by molar-refractivity contribution is 9.10. The fraction of sp³-hybridized carbons (Fsp3) is 0.0455. The van der Waals surface area contributed by atoms with Crippen LogP contribution < -0.4 is 10.2 Å². The Hall–Kier alpha value is -3.21. The molecular weight excluding hydrogens is 448 g/mol. The number of halogens is 1. The number of nitrogens with one attached hydrogen (secondary N) is 1. The molecule has 5 nitrogen and oxygen atoms in total. The molecule has 1 heterocycles. The zero-order valence-electron chi connectivity index (χ0n) is 15.2. The number of thiazole rings is 1. The summed E-state index contributed by atoms with van der Waals surface area (Å²) >= 11 is 5.09. The number of benzene rings is 3. The van der Waals surface area contributed by atoms with E-state index in [2.05, 4.69) is 37.5 Å². The van der Waals surface area contributed by atoms with Crippen molar-refractivity contribution in [2.24, 2.45) is 5.10 Å². The highest BCUT2D eigenvalue weighted by Crippen LogP contribution is 2.27. The molecular formula is C22H15BrN4OS. The number of nitriles is 1. The zero-order valence-corrected chi connectivity index (χ0v) is 17.6. The molecule has 0 radical (unpaired) electrons. The molecule has 0 aliphatic rings. The van der Waals surface area contributed by atoms with E-state index in [1.807, 2.05) is 60.7 Å². The maximum Gasteiger partial charge on any atom is 0.204 e. The first kappa shape index (κ1) is 19.1. The Morgan fingerprint density at radius 3 is 2.79 bits per heavy atom. The molecule has 4 rings (SSSR count). The van der Waals surface area contributed by atoms with E-state index in [-0.39, 0.29) is 0 Å². The summed E-state index contributed by atoms with van der Waals surface area (Å²) in [4.78, 5) is 4.48. The number of anilines is 1. The van der Waals surface area contributed by atoms with Gasteiger partial charge in [0.1, 0.15) is 12.4 Å². The molecule has 4 aromatic rings. The molecule has 0 amide bonds. The molecule has 0 fully saturated rings. The van der Waals surface area contributed by atoms with Crippen LogP contribution in [0.1, 0.15) is 16.7 Å². The number of aromatic nitrogens is 1. The normalized spacial score (nSPS) is 10.9. The number of nitrogens with zero attached hydrogens (tertiary/aromatic N) is 3. The fourth-order valence-corrected chi connectivity index (χ4v) is 4.03. The van der Waals surface area contributed by atoms with Crippen LogP contribution in [0.4, 0.5) is 5.13 Å². The number of hydrogen-bond donors (Lipinski definition) is 1. The molecule has 0 saturated carbocycles. The van der Waals surface area contributed by atoms with Gasteiger partial charge in [0.15, 0.2) is 0 Å². The SMILES string of the molecule is N#Cc1ccccc1COc1ccc(/C=N\Nc2nc3ccccc3s2)cc1Br. The lowest BCUT2D eigenvalue weighted by atomic mass is 10.1. The first-order chi connectivity index (χ1) is 14.2. The lowest BCUT2D eigenvalue weighted by Crippen LogP contribution is -1.99. The summed E-state index contributed by atoms with van der Waals surface area (Å²) in [6.07, 6.45) is 1.73. The van der Waals surface area contributed by atoms with Gasteiger partial charge in [0.25, 0.3) is 0 Å². The maximum atomic E-state index is 9.17. The Labute approximate surface area is 180 Å². The van der Waals surface area contributed by atoms with Gasteiger partial charge in [0.2, 0.25) is 5.13 Å². The van der Waals surface area contributed by atoms with Crippen molar-refractivity contribution in [3.8, 4) is 11.8 Å². The molecule has 3 aromatic carbocycles. The van der Waals surface area contributed by atoms with Gasteiger partial charge in [-0.1, -0.05) is 41.7 Å². The van der Waals surface area contributed by atoms with Gasteiger partial charge in [-0.3, -0.25) is 5.43 Å². The summed E-state index contributed by atoms with van der Waals surface area (Å²) in [7, 11) is 0. The average Bonchev–Trinajstić information content (AvgIpc) is 3.16. The highest BCUT2D eigenvalue weighted by Gasteiger charge is 2.06. The van der Waals surface area contributed by atoms with Crippen LogP contribution in [0.5, 0.6) is 5.75 Å². The Morgan fingerprint density at radius 2 is 1.97 bits per heavy atom. The van der Waals surface area contributed by atoms with Crippen LogP contribution in [-0.2, 0) is 6.61 Å². The van der Waals surface area contributed by atoms with Crippen molar-refractivity contribution < 1.29 is 4.74 Å². The van der Waals surface area contributed by atoms with Crippen molar-refractivity contribution >= 4 is 48.8 Å². The van der Waals surface area contributed by atoms with Gasteiger partial charge in [-0.15, -0.1) is 0 Å². The van der Waals surface area contributed by atoms with E-state index < -0.39 is 0 Å². The van der Waals surface area contributed by atoms with Crippen LogP contribution in [0.3, 0.4) is 0 Å². The second kappa shape index (κ2) is 8.86. The largest absolute Gasteiger partial charge is 0.488 e. The summed E-state index contributed by atoms with van der Waals surface area (Å²) in [5, 5.41) is 14.2. The summed E-state index contributed by atoms with van der Waals surface area (Å²) in [6.45, 7) is 0.328. The smallest absolute Gasteiger partial charge is 0.204 e. The minimum atomic E-state index is 0.328. The molecule has 7 heteroatoms. The number of ether oxygens (including phenoxy) is 1. The Kier molecular flexibility index (Phi) is 5.84. The molecule has 29 heavy (non-hydrogen) atoms. The number of para-hydroxylation sites is 1. The third kappa shape index (κ3) is 4.62. The van der Waals surface area contributed by atoms with Crippen LogP contribution in [0, 0.1) is 11.3 Å². The van der Waals surface area contributed by atoms with Gasteiger partial charge >= 0.3 is 0 Å². The van der Waals surface area contributed by atoms with Crippen molar-refractivity contribution in [1.29, 1.82) is 5.26 Å². The van der Waals surface area contributed by atoms with Gasteiger partial charge in [0, 0.05) is 5.56 Å². The lowest BCUT2D eigenvalue weighted by Gasteiger charge is -2.09. The number of hydrogen-bond acceptors (Lipinski definition) is 6. The lowest BCUT2D eigenvalue weighted by molar-refractivity contribution is 0.304. The van der Waals surface area contributed by atoms with Crippen molar-refractivity contribution in [1.82, 2.24) is 4.98 Å². The number of fused-ring (bicyclic) bond motifs is 1. The number of rotatable bonds is 6. The van der Waals surface area contributed by atoms with E-state index >= 15 is 0 Å². The van der Waals surface area contributed by atoms with E-state index in [4.69, 9.17) is 4.74 Å². The monoisotopic (exact) mass is 462 g/mol. The van der Waals surface area contributed by atoms with Crippen LogP contribution in [0.15, 0.2) is 76.3 Å². The second-order valence-electron chi connectivity index (χ2n) is 6.10. The van der Waals surface area contributed by atoms with E-state index in [0.717, 1.165) is 30.9 Å². The minimum absolute atomic E-state index is 0.328. The van der Waals surface area contributed by atoms with Crippen LogP contribution in [0.25, 0.3) is 10.2 Å². The summed E-state index contributed by atoms with van der Waals surface area (Å²) in [6, 6.07) is 23.3. The predicted octanol–water partition coefficient (Wildman–Crippen LogP) is 5.96. The molecule has 1 N–H and O–H groups in total. The summed E-state index contributed by atoms with van der Waals surface area (Å²) in [5.41, 5.74) is 6.32. The Balaban J connectivity index is 1.40. The number of hydrazone groups is 1. The molecule has 142 valence electrons. The van der Waals surface area contributed by atoms with E-state index in [0.29, 0.717) is 17.9 Å². The Morgan fingerprint density at radius 1 is 1.14 bits per heavy atom. The van der Waals surface area contributed by atoms with Crippen molar-refractivity contribution in [2.45, 2.75) is 6.61 Å². The predicted molar refractivity (Wildman–Crippen MR) is 120 cm³/mol. The van der Waals surface area contributed by atoms with E-state index in [9.17, 15) is 5.26 Å². The third-order valence-electron chi connectivity index (χ3n) is 4.14. The van der Waals surface area contributed by atoms with Crippen LogP contribution in [0.2, 0.25) is 0 Å². The zero-order chi connectivity index (χ0) is 20.1.